The summed E-state index contributed by atoms with van der Waals surface area (Å²) in [5.41, 5.74) is 5.57. The normalized spacial score (nSPS) is 44.1. The van der Waals surface area contributed by atoms with Crippen LogP contribution in [-0.2, 0) is 4.74 Å². The first kappa shape index (κ1) is 23.9. The minimum Gasteiger partial charge on any atom is -0.458 e. The van der Waals surface area contributed by atoms with Gasteiger partial charge in [0.05, 0.1) is 5.56 Å². The molecule has 0 saturated heterocycles. The zero-order valence-corrected chi connectivity index (χ0v) is 22.8. The molecule has 196 valence electrons. The number of rotatable bonds is 2. The van der Waals surface area contributed by atoms with E-state index in [9.17, 15) is 4.79 Å². The Morgan fingerprint density at radius 2 is 1.84 bits per heavy atom. The average Bonchev–Trinajstić information content (AvgIpc) is 3.46. The van der Waals surface area contributed by atoms with Crippen molar-refractivity contribution < 1.29 is 9.53 Å². The largest absolute Gasteiger partial charge is 0.458 e. The van der Waals surface area contributed by atoms with Crippen molar-refractivity contribution in [2.24, 2.45) is 56.5 Å². The van der Waals surface area contributed by atoms with E-state index in [1.165, 1.54) is 49.9 Å². The monoisotopic (exact) mass is 498 g/mol. The third kappa shape index (κ3) is 3.57. The van der Waals surface area contributed by atoms with Crippen LogP contribution in [0.4, 0.5) is 0 Å². The third-order valence-corrected chi connectivity index (χ3v) is 12.1. The van der Waals surface area contributed by atoms with Crippen molar-refractivity contribution in [3.8, 4) is 0 Å². The molecule has 0 N–H and O–H groups in total. The molecule has 0 radical (unpaired) electrons. The summed E-state index contributed by atoms with van der Waals surface area (Å²) in [6, 6.07) is 9.46. The molecule has 0 spiro atoms. The second-order valence-electron chi connectivity index (χ2n) is 13.6. The van der Waals surface area contributed by atoms with Crippen molar-refractivity contribution in [3.05, 3.63) is 47.5 Å². The van der Waals surface area contributed by atoms with Crippen molar-refractivity contribution >= 4 is 17.4 Å². The third-order valence-electron chi connectivity index (χ3n) is 12.1. The molecule has 37 heavy (non-hydrogen) atoms. The maximum Gasteiger partial charge on any atom is 0.338 e. The van der Waals surface area contributed by atoms with E-state index < -0.39 is 0 Å². The average molecular weight is 499 g/mol. The Balaban J connectivity index is 1.13. The number of benzene rings is 1. The number of fused-ring (bicyclic) bond motifs is 9. The van der Waals surface area contributed by atoms with Gasteiger partial charge in [0.1, 0.15) is 6.10 Å². The molecule has 4 fully saturated rings. The number of ether oxygens (including phenoxy) is 1. The lowest BCUT2D eigenvalue weighted by molar-refractivity contribution is -0.0462. The highest BCUT2D eigenvalue weighted by Gasteiger charge is 2.63. The summed E-state index contributed by atoms with van der Waals surface area (Å²) in [6.07, 6.45) is 14.7. The summed E-state index contributed by atoms with van der Waals surface area (Å²) in [7, 11) is 0. The summed E-state index contributed by atoms with van der Waals surface area (Å²) in [5.74, 6) is 4.17. The van der Waals surface area contributed by atoms with Gasteiger partial charge in [0, 0.05) is 29.7 Å². The second-order valence-corrected chi connectivity index (χ2v) is 13.6. The predicted molar refractivity (Wildman–Crippen MR) is 148 cm³/mol. The minimum absolute atomic E-state index is 0.00877. The maximum atomic E-state index is 12.7. The van der Waals surface area contributed by atoms with Gasteiger partial charge in [-0.2, -0.15) is 10.2 Å². The molecule has 0 bridgehead atoms. The van der Waals surface area contributed by atoms with Crippen LogP contribution >= 0.6 is 0 Å². The Morgan fingerprint density at radius 1 is 1.00 bits per heavy atom. The van der Waals surface area contributed by atoms with Gasteiger partial charge in [0.15, 0.2) is 0 Å². The van der Waals surface area contributed by atoms with E-state index in [0.717, 1.165) is 49.4 Å². The lowest BCUT2D eigenvalue weighted by atomic mass is 9.47. The van der Waals surface area contributed by atoms with Crippen LogP contribution in [0.5, 0.6) is 0 Å². The number of hydrogen-bond acceptors (Lipinski definition) is 4. The standard InChI is InChI=1S/C33H42N2O2/c1-20-30-26(24-10-7-11-29(24)35-34-20)19-28-25-13-12-22-18-23(37-31(36)21-8-5-4-6-9-21)14-16-32(22,2)27(25)15-17-33(28,30)3/h4-6,8-9,12,23-28,30H,7,10-11,13-19H2,1-3H3/t23-,24?,25+,26-,27-,28-,30-,32-,33-/m0/s1. The molecule has 4 nitrogen and oxygen atoms in total. The highest BCUT2D eigenvalue weighted by Crippen LogP contribution is 2.69. The van der Waals surface area contributed by atoms with Crippen molar-refractivity contribution in [1.82, 2.24) is 0 Å². The first-order valence-electron chi connectivity index (χ1n) is 14.9. The molecule has 6 aliphatic rings. The lowest BCUT2D eigenvalue weighted by Gasteiger charge is -2.58. The molecule has 5 aliphatic carbocycles. The van der Waals surface area contributed by atoms with E-state index in [-0.39, 0.29) is 17.5 Å². The quantitative estimate of drug-likeness (QED) is 0.311. The van der Waals surface area contributed by atoms with Crippen LogP contribution in [0, 0.1) is 46.3 Å². The van der Waals surface area contributed by atoms with Gasteiger partial charge in [-0.15, -0.1) is 0 Å². The van der Waals surface area contributed by atoms with Gasteiger partial charge >= 0.3 is 5.97 Å². The van der Waals surface area contributed by atoms with Crippen LogP contribution in [0.1, 0.15) is 95.3 Å². The highest BCUT2D eigenvalue weighted by atomic mass is 16.5. The summed E-state index contributed by atoms with van der Waals surface area (Å²) in [6.45, 7) is 7.45. The molecule has 1 aliphatic heterocycles. The molecule has 0 aromatic heterocycles. The Hall–Kier alpha value is -2.23. The molecule has 1 heterocycles. The second kappa shape index (κ2) is 8.64. The van der Waals surface area contributed by atoms with E-state index in [0.29, 0.717) is 22.8 Å². The lowest BCUT2D eigenvalue weighted by Crippen LogP contribution is -2.51. The van der Waals surface area contributed by atoms with Gasteiger partial charge in [-0.25, -0.2) is 4.79 Å². The van der Waals surface area contributed by atoms with E-state index in [1.54, 1.807) is 5.57 Å². The van der Waals surface area contributed by atoms with Gasteiger partial charge in [0.25, 0.3) is 0 Å². The Bertz CT molecular complexity index is 1180. The van der Waals surface area contributed by atoms with Crippen LogP contribution in [0.25, 0.3) is 0 Å². The molecule has 0 amide bonds. The van der Waals surface area contributed by atoms with Crippen LogP contribution in [0.2, 0.25) is 0 Å². The molecular formula is C33H42N2O2. The fraction of sp³-hybridized carbons (Fsp3) is 0.667. The van der Waals surface area contributed by atoms with E-state index in [1.807, 2.05) is 30.3 Å². The van der Waals surface area contributed by atoms with Crippen LogP contribution < -0.4 is 0 Å². The van der Waals surface area contributed by atoms with E-state index in [2.05, 4.69) is 26.8 Å². The van der Waals surface area contributed by atoms with Gasteiger partial charge in [-0.3, -0.25) is 0 Å². The molecule has 4 heteroatoms. The molecule has 1 unspecified atom stereocenters. The predicted octanol–water partition coefficient (Wildman–Crippen LogP) is 7.65. The Kier molecular flexibility index (Phi) is 5.57. The maximum absolute atomic E-state index is 12.7. The summed E-state index contributed by atoms with van der Waals surface area (Å²) in [5, 5.41) is 9.60. The van der Waals surface area contributed by atoms with Crippen molar-refractivity contribution in [2.75, 3.05) is 0 Å². The van der Waals surface area contributed by atoms with Crippen molar-refractivity contribution in [3.63, 3.8) is 0 Å². The number of nitrogens with zero attached hydrogens (tertiary/aromatic N) is 2. The molecule has 4 saturated carbocycles. The van der Waals surface area contributed by atoms with Crippen LogP contribution in [0.3, 0.4) is 0 Å². The smallest absolute Gasteiger partial charge is 0.338 e. The summed E-state index contributed by atoms with van der Waals surface area (Å²) in [4.78, 5) is 12.7. The topological polar surface area (TPSA) is 51.0 Å². The Labute approximate surface area is 222 Å². The first-order chi connectivity index (χ1) is 17.9. The highest BCUT2D eigenvalue weighted by molar-refractivity contribution is 5.94. The molecule has 1 aromatic rings. The fourth-order valence-electron chi connectivity index (χ4n) is 10.4. The van der Waals surface area contributed by atoms with Gasteiger partial charge < -0.3 is 4.74 Å². The van der Waals surface area contributed by atoms with Crippen molar-refractivity contribution in [2.45, 2.75) is 91.1 Å². The molecule has 9 atom stereocenters. The summed E-state index contributed by atoms with van der Waals surface area (Å²) < 4.78 is 6.02. The van der Waals surface area contributed by atoms with E-state index in [4.69, 9.17) is 14.9 Å². The van der Waals surface area contributed by atoms with Gasteiger partial charge in [-0.1, -0.05) is 43.7 Å². The van der Waals surface area contributed by atoms with Crippen LogP contribution in [-0.4, -0.2) is 23.5 Å². The van der Waals surface area contributed by atoms with Crippen LogP contribution in [0.15, 0.2) is 52.2 Å². The Morgan fingerprint density at radius 3 is 2.68 bits per heavy atom. The number of hydrogen-bond donors (Lipinski definition) is 0. The van der Waals surface area contributed by atoms with Gasteiger partial charge in [0.2, 0.25) is 0 Å². The van der Waals surface area contributed by atoms with Crippen molar-refractivity contribution in [1.29, 1.82) is 0 Å². The zero-order valence-electron chi connectivity index (χ0n) is 22.8. The number of esters is 1. The number of allylic oxidation sites excluding steroid dienone is 1. The number of carbonyl (C=O) groups is 1. The summed E-state index contributed by atoms with van der Waals surface area (Å²) >= 11 is 0. The SMILES string of the molecule is CC1=NN=C2CCCC2[C@@H]2C[C@H]3[C@@H]4CC=C5C[C@@H](OC(=O)c6ccccc6)CC[C@]5(C)[C@H]4CC[C@]3(C)[C@@H]12. The minimum atomic E-state index is -0.173. The molecular weight excluding hydrogens is 456 g/mol. The van der Waals surface area contributed by atoms with E-state index >= 15 is 0 Å². The first-order valence-corrected chi connectivity index (χ1v) is 14.9. The fourth-order valence-corrected chi connectivity index (χ4v) is 10.4. The molecule has 7 rings (SSSR count). The van der Waals surface area contributed by atoms with Gasteiger partial charge in [-0.05, 0) is 111 Å². The zero-order chi connectivity index (χ0) is 25.4. The molecule has 1 aromatic carbocycles. The number of carbonyl (C=O) groups excluding carboxylic acids is 1.